The Kier molecular flexibility index (Phi) is 7.54. The van der Waals surface area contributed by atoms with Crippen molar-refractivity contribution < 1.29 is 19.1 Å². The molecule has 4 aromatic carbocycles. The van der Waals surface area contributed by atoms with Crippen LogP contribution in [0.1, 0.15) is 22.3 Å². The van der Waals surface area contributed by atoms with Gasteiger partial charge in [-0.1, -0.05) is 36.4 Å². The van der Waals surface area contributed by atoms with Gasteiger partial charge in [-0.25, -0.2) is 0 Å². The third-order valence-corrected chi connectivity index (χ3v) is 6.17. The lowest BCUT2D eigenvalue weighted by atomic mass is 10.1. The SMILES string of the molecule is Cc1ccc(OCC(=O)Nc2cccc3c(NC(=O)COc4ccc(C)c(C)c4)cccc23)cc1C. The number of benzene rings is 4. The van der Waals surface area contributed by atoms with E-state index < -0.39 is 0 Å². The number of hydrogen-bond donors (Lipinski definition) is 2. The lowest BCUT2D eigenvalue weighted by Crippen LogP contribution is -2.21. The molecule has 0 unspecified atom stereocenters. The molecule has 0 aliphatic heterocycles. The number of fused-ring (bicyclic) bond motifs is 1. The molecule has 4 rings (SSSR count). The number of carbonyl (C=O) groups excluding carboxylic acids is 2. The first kappa shape index (κ1) is 24.8. The van der Waals surface area contributed by atoms with Gasteiger partial charge in [0.05, 0.1) is 0 Å². The maximum atomic E-state index is 12.6. The first-order chi connectivity index (χ1) is 17.3. The first-order valence-electron chi connectivity index (χ1n) is 11.8. The van der Waals surface area contributed by atoms with E-state index in [1.165, 1.54) is 11.1 Å². The molecule has 0 bridgehead atoms. The highest BCUT2D eigenvalue weighted by Gasteiger charge is 2.11. The molecule has 0 aliphatic carbocycles. The smallest absolute Gasteiger partial charge is 0.262 e. The van der Waals surface area contributed by atoms with Crippen LogP contribution in [0.3, 0.4) is 0 Å². The second-order valence-corrected chi connectivity index (χ2v) is 8.87. The van der Waals surface area contributed by atoms with Gasteiger partial charge in [0.25, 0.3) is 11.8 Å². The van der Waals surface area contributed by atoms with Gasteiger partial charge in [-0.2, -0.15) is 0 Å². The highest BCUT2D eigenvalue weighted by Crippen LogP contribution is 2.29. The highest BCUT2D eigenvalue weighted by atomic mass is 16.5. The van der Waals surface area contributed by atoms with E-state index in [0.717, 1.165) is 21.9 Å². The standard InChI is InChI=1S/C30H30N2O4/c1-19-11-13-23(15-21(19)3)35-17-29(33)31-27-9-5-8-26-25(27)7-6-10-28(26)32-30(34)18-36-24-14-12-20(2)22(4)16-24/h5-16H,17-18H2,1-4H3,(H,31,33)(H,32,34). The van der Waals surface area contributed by atoms with Crippen LogP contribution in [0, 0.1) is 27.7 Å². The number of rotatable bonds is 8. The zero-order chi connectivity index (χ0) is 25.7. The van der Waals surface area contributed by atoms with Gasteiger partial charge in [-0.15, -0.1) is 0 Å². The quantitative estimate of drug-likeness (QED) is 0.318. The minimum atomic E-state index is -0.267. The van der Waals surface area contributed by atoms with Crippen molar-refractivity contribution in [2.75, 3.05) is 23.8 Å². The van der Waals surface area contributed by atoms with Gasteiger partial charge in [-0.3, -0.25) is 9.59 Å². The fourth-order valence-electron chi connectivity index (χ4n) is 3.81. The summed E-state index contributed by atoms with van der Waals surface area (Å²) >= 11 is 0. The Hall–Kier alpha value is -4.32. The third-order valence-electron chi connectivity index (χ3n) is 6.17. The van der Waals surface area contributed by atoms with Crippen molar-refractivity contribution in [3.63, 3.8) is 0 Å². The van der Waals surface area contributed by atoms with E-state index >= 15 is 0 Å². The van der Waals surface area contributed by atoms with Crippen molar-refractivity contribution in [1.82, 2.24) is 0 Å². The topological polar surface area (TPSA) is 76.7 Å². The summed E-state index contributed by atoms with van der Waals surface area (Å²) in [4.78, 5) is 25.2. The van der Waals surface area contributed by atoms with Crippen LogP contribution in [0.25, 0.3) is 10.8 Å². The van der Waals surface area contributed by atoms with Crippen LogP contribution in [0.2, 0.25) is 0 Å². The second kappa shape index (κ2) is 11.0. The summed E-state index contributed by atoms with van der Waals surface area (Å²) in [5, 5.41) is 7.45. The van der Waals surface area contributed by atoms with Gasteiger partial charge >= 0.3 is 0 Å². The van der Waals surface area contributed by atoms with Crippen LogP contribution in [0.15, 0.2) is 72.8 Å². The molecule has 0 saturated heterocycles. The minimum absolute atomic E-state index is 0.106. The monoisotopic (exact) mass is 482 g/mol. The third kappa shape index (κ3) is 6.02. The molecule has 184 valence electrons. The van der Waals surface area contributed by atoms with Gasteiger partial charge < -0.3 is 20.1 Å². The van der Waals surface area contributed by atoms with Crippen LogP contribution in [-0.4, -0.2) is 25.0 Å². The van der Waals surface area contributed by atoms with Crippen molar-refractivity contribution in [2.24, 2.45) is 0 Å². The molecule has 0 radical (unpaired) electrons. The van der Waals surface area contributed by atoms with E-state index in [4.69, 9.17) is 9.47 Å². The average molecular weight is 483 g/mol. The molecule has 2 amide bonds. The molecule has 0 atom stereocenters. The number of aryl methyl sites for hydroxylation is 4. The molecule has 4 aromatic rings. The second-order valence-electron chi connectivity index (χ2n) is 8.87. The van der Waals surface area contributed by atoms with E-state index in [1.807, 2.05) is 100 Å². The number of anilines is 2. The Morgan fingerprint density at radius 2 is 1.00 bits per heavy atom. The normalized spacial score (nSPS) is 10.7. The predicted octanol–water partition coefficient (Wildman–Crippen LogP) is 6.11. The van der Waals surface area contributed by atoms with E-state index in [2.05, 4.69) is 10.6 Å². The van der Waals surface area contributed by atoms with Gasteiger partial charge in [0.2, 0.25) is 0 Å². The minimum Gasteiger partial charge on any atom is -0.484 e. The fourth-order valence-corrected chi connectivity index (χ4v) is 3.81. The Morgan fingerprint density at radius 1 is 0.583 bits per heavy atom. The summed E-state index contributed by atoms with van der Waals surface area (Å²) in [5.74, 6) is 0.771. The van der Waals surface area contributed by atoms with Crippen molar-refractivity contribution in [3.05, 3.63) is 95.1 Å². The molecule has 2 N–H and O–H groups in total. The Bertz CT molecular complexity index is 1320. The molecule has 0 heterocycles. The maximum Gasteiger partial charge on any atom is 0.262 e. The summed E-state index contributed by atoms with van der Waals surface area (Å²) in [7, 11) is 0. The summed E-state index contributed by atoms with van der Waals surface area (Å²) in [6.45, 7) is 7.85. The van der Waals surface area contributed by atoms with Crippen molar-refractivity contribution in [2.45, 2.75) is 27.7 Å². The lowest BCUT2D eigenvalue weighted by Gasteiger charge is -2.14. The molecule has 36 heavy (non-hydrogen) atoms. The number of carbonyl (C=O) groups is 2. The molecule has 0 spiro atoms. The zero-order valence-electron chi connectivity index (χ0n) is 21.0. The number of nitrogens with one attached hydrogen (secondary N) is 2. The molecular formula is C30H30N2O4. The van der Waals surface area contributed by atoms with Crippen LogP contribution >= 0.6 is 0 Å². The number of amides is 2. The Labute approximate surface area is 211 Å². The molecular weight excluding hydrogens is 452 g/mol. The van der Waals surface area contributed by atoms with Crippen molar-refractivity contribution in [3.8, 4) is 11.5 Å². The fraction of sp³-hybridized carbons (Fsp3) is 0.200. The maximum absolute atomic E-state index is 12.6. The lowest BCUT2D eigenvalue weighted by molar-refractivity contribution is -0.118. The van der Waals surface area contributed by atoms with E-state index in [1.54, 1.807) is 0 Å². The Morgan fingerprint density at radius 3 is 1.39 bits per heavy atom. The zero-order valence-corrected chi connectivity index (χ0v) is 21.0. The number of hydrogen-bond acceptors (Lipinski definition) is 4. The summed E-state index contributed by atoms with van der Waals surface area (Å²) < 4.78 is 11.3. The van der Waals surface area contributed by atoms with Crippen LogP contribution in [0.5, 0.6) is 11.5 Å². The first-order valence-corrected chi connectivity index (χ1v) is 11.8. The van der Waals surface area contributed by atoms with Gasteiger partial charge in [0, 0.05) is 22.1 Å². The largest absolute Gasteiger partial charge is 0.484 e. The predicted molar refractivity (Wildman–Crippen MR) is 144 cm³/mol. The highest BCUT2D eigenvalue weighted by molar-refractivity contribution is 6.09. The van der Waals surface area contributed by atoms with E-state index in [0.29, 0.717) is 22.9 Å². The van der Waals surface area contributed by atoms with Crippen molar-refractivity contribution >= 4 is 34.0 Å². The average Bonchev–Trinajstić information content (AvgIpc) is 2.86. The molecule has 0 aromatic heterocycles. The van der Waals surface area contributed by atoms with Gasteiger partial charge in [0.1, 0.15) is 11.5 Å². The van der Waals surface area contributed by atoms with E-state index in [9.17, 15) is 9.59 Å². The molecule has 6 nitrogen and oxygen atoms in total. The van der Waals surface area contributed by atoms with Crippen LogP contribution in [0.4, 0.5) is 11.4 Å². The summed E-state index contributed by atoms with van der Waals surface area (Å²) in [6.07, 6.45) is 0. The van der Waals surface area contributed by atoms with Gasteiger partial charge in [0.15, 0.2) is 13.2 Å². The van der Waals surface area contributed by atoms with Crippen LogP contribution < -0.4 is 20.1 Å². The summed E-state index contributed by atoms with van der Waals surface area (Å²) in [5.41, 5.74) is 5.84. The van der Waals surface area contributed by atoms with Crippen molar-refractivity contribution in [1.29, 1.82) is 0 Å². The molecule has 0 fully saturated rings. The Balaban J connectivity index is 1.41. The van der Waals surface area contributed by atoms with Crippen LogP contribution in [-0.2, 0) is 9.59 Å². The van der Waals surface area contributed by atoms with E-state index in [-0.39, 0.29) is 25.0 Å². The molecule has 6 heteroatoms. The molecule has 0 aliphatic rings. The summed E-state index contributed by atoms with van der Waals surface area (Å²) in [6, 6.07) is 22.6. The van der Waals surface area contributed by atoms with Gasteiger partial charge in [-0.05, 0) is 86.3 Å². The molecule has 0 saturated carbocycles. The number of ether oxygens (including phenoxy) is 2.